The summed E-state index contributed by atoms with van der Waals surface area (Å²) in [6.07, 6.45) is 0.306. The second-order valence-electron chi connectivity index (χ2n) is 3.64. The number of ether oxygens (including phenoxy) is 1. The summed E-state index contributed by atoms with van der Waals surface area (Å²) in [5.41, 5.74) is 2.26. The number of esters is 1. The molecule has 0 heterocycles. The Kier molecular flexibility index (Phi) is 4.60. The fourth-order valence-electron chi connectivity index (χ4n) is 1.48. The van der Waals surface area contributed by atoms with Crippen LogP contribution in [0.25, 0.3) is 0 Å². The van der Waals surface area contributed by atoms with Crippen LogP contribution in [0.5, 0.6) is 0 Å². The van der Waals surface area contributed by atoms with Crippen molar-refractivity contribution in [1.82, 2.24) is 0 Å². The topological polar surface area (TPSA) is 26.3 Å². The van der Waals surface area contributed by atoms with Crippen molar-refractivity contribution in [2.24, 2.45) is 0 Å². The Morgan fingerprint density at radius 2 is 2.00 bits per heavy atom. The standard InChI is InChI=1S/C14H16O2/c1-4-5-13(10-14(15)16-3)12-8-6-11(2)7-9-12/h6-9,13H,10H2,1-3H3. The number of hydrogen-bond acceptors (Lipinski definition) is 2. The van der Waals surface area contributed by atoms with Crippen molar-refractivity contribution >= 4 is 5.97 Å². The lowest BCUT2D eigenvalue weighted by atomic mass is 9.95. The molecule has 0 radical (unpaired) electrons. The third-order valence-corrected chi connectivity index (χ3v) is 2.40. The highest BCUT2D eigenvalue weighted by molar-refractivity contribution is 5.71. The van der Waals surface area contributed by atoms with Gasteiger partial charge in [0.05, 0.1) is 19.4 Å². The molecule has 0 amide bonds. The molecule has 0 saturated carbocycles. The minimum atomic E-state index is -0.228. The average Bonchev–Trinajstić information content (AvgIpc) is 2.29. The molecule has 2 heteroatoms. The van der Waals surface area contributed by atoms with E-state index in [0.717, 1.165) is 5.56 Å². The smallest absolute Gasteiger partial charge is 0.307 e. The maximum Gasteiger partial charge on any atom is 0.307 e. The van der Waals surface area contributed by atoms with Crippen molar-refractivity contribution in [1.29, 1.82) is 0 Å². The number of methoxy groups -OCH3 is 1. The Morgan fingerprint density at radius 1 is 1.38 bits per heavy atom. The lowest BCUT2D eigenvalue weighted by molar-refractivity contribution is -0.140. The van der Waals surface area contributed by atoms with Crippen LogP contribution in [-0.2, 0) is 9.53 Å². The van der Waals surface area contributed by atoms with Gasteiger partial charge in [0, 0.05) is 0 Å². The van der Waals surface area contributed by atoms with Crippen LogP contribution in [0.4, 0.5) is 0 Å². The summed E-state index contributed by atoms with van der Waals surface area (Å²) in [5, 5.41) is 0. The van der Waals surface area contributed by atoms with E-state index >= 15 is 0 Å². The predicted molar refractivity (Wildman–Crippen MR) is 64.0 cm³/mol. The van der Waals surface area contributed by atoms with E-state index in [0.29, 0.717) is 6.42 Å². The van der Waals surface area contributed by atoms with Crippen LogP contribution in [0.3, 0.4) is 0 Å². The Balaban J connectivity index is 2.88. The van der Waals surface area contributed by atoms with E-state index in [2.05, 4.69) is 16.6 Å². The summed E-state index contributed by atoms with van der Waals surface area (Å²) in [6.45, 7) is 3.81. The first kappa shape index (κ1) is 12.3. The fraction of sp³-hybridized carbons (Fsp3) is 0.357. The van der Waals surface area contributed by atoms with Crippen LogP contribution in [-0.4, -0.2) is 13.1 Å². The minimum Gasteiger partial charge on any atom is -0.469 e. The zero-order valence-electron chi connectivity index (χ0n) is 9.91. The van der Waals surface area contributed by atoms with Gasteiger partial charge in [-0.05, 0) is 19.4 Å². The summed E-state index contributed by atoms with van der Waals surface area (Å²) >= 11 is 0. The molecule has 0 aliphatic heterocycles. The molecule has 0 spiro atoms. The van der Waals surface area contributed by atoms with Crippen LogP contribution in [0.2, 0.25) is 0 Å². The zero-order valence-corrected chi connectivity index (χ0v) is 9.91. The van der Waals surface area contributed by atoms with Gasteiger partial charge in [-0.15, -0.1) is 5.92 Å². The van der Waals surface area contributed by atoms with Gasteiger partial charge < -0.3 is 4.74 Å². The number of aryl methyl sites for hydroxylation is 1. The first-order valence-corrected chi connectivity index (χ1v) is 5.23. The molecule has 1 aromatic carbocycles. The van der Waals surface area contributed by atoms with Crippen molar-refractivity contribution in [2.45, 2.75) is 26.2 Å². The van der Waals surface area contributed by atoms with E-state index in [1.165, 1.54) is 12.7 Å². The number of carbonyl (C=O) groups is 1. The van der Waals surface area contributed by atoms with E-state index in [1.54, 1.807) is 6.92 Å². The molecule has 0 saturated heterocycles. The maximum absolute atomic E-state index is 11.2. The second-order valence-corrected chi connectivity index (χ2v) is 3.64. The summed E-state index contributed by atoms with van der Waals surface area (Å²) in [4.78, 5) is 11.2. The second kappa shape index (κ2) is 5.97. The van der Waals surface area contributed by atoms with Crippen LogP contribution in [0, 0.1) is 18.8 Å². The van der Waals surface area contributed by atoms with Crippen LogP contribution in [0.15, 0.2) is 24.3 Å². The molecule has 0 aliphatic carbocycles. The van der Waals surface area contributed by atoms with Crippen molar-refractivity contribution in [2.75, 3.05) is 7.11 Å². The summed E-state index contributed by atoms with van der Waals surface area (Å²) in [6, 6.07) is 8.06. The highest BCUT2D eigenvalue weighted by Crippen LogP contribution is 2.19. The van der Waals surface area contributed by atoms with E-state index in [-0.39, 0.29) is 11.9 Å². The van der Waals surface area contributed by atoms with Gasteiger partial charge in [-0.3, -0.25) is 4.79 Å². The number of benzene rings is 1. The molecule has 0 N–H and O–H groups in total. The Hall–Kier alpha value is -1.75. The van der Waals surface area contributed by atoms with Crippen molar-refractivity contribution < 1.29 is 9.53 Å². The van der Waals surface area contributed by atoms with E-state index in [1.807, 2.05) is 31.2 Å². The molecule has 0 fully saturated rings. The van der Waals surface area contributed by atoms with Crippen molar-refractivity contribution in [3.05, 3.63) is 35.4 Å². The number of hydrogen-bond donors (Lipinski definition) is 0. The predicted octanol–water partition coefficient (Wildman–Crippen LogP) is 2.67. The molecule has 1 unspecified atom stereocenters. The summed E-state index contributed by atoms with van der Waals surface area (Å²) in [5.74, 6) is 5.59. The van der Waals surface area contributed by atoms with Crippen molar-refractivity contribution in [3.63, 3.8) is 0 Å². The van der Waals surface area contributed by atoms with E-state index in [9.17, 15) is 4.79 Å². The molecule has 0 bridgehead atoms. The molecular formula is C14H16O2. The highest BCUT2D eigenvalue weighted by atomic mass is 16.5. The third-order valence-electron chi connectivity index (χ3n) is 2.40. The Labute approximate surface area is 96.6 Å². The third kappa shape index (κ3) is 3.43. The zero-order chi connectivity index (χ0) is 12.0. The molecule has 84 valence electrons. The molecule has 1 rings (SSSR count). The molecule has 0 aliphatic rings. The van der Waals surface area contributed by atoms with Gasteiger partial charge in [0.1, 0.15) is 0 Å². The van der Waals surface area contributed by atoms with Crippen LogP contribution >= 0.6 is 0 Å². The molecule has 0 aromatic heterocycles. The fourth-order valence-corrected chi connectivity index (χ4v) is 1.48. The monoisotopic (exact) mass is 216 g/mol. The first-order chi connectivity index (χ1) is 7.67. The van der Waals surface area contributed by atoms with E-state index in [4.69, 9.17) is 0 Å². The van der Waals surface area contributed by atoms with Gasteiger partial charge in [-0.25, -0.2) is 0 Å². The van der Waals surface area contributed by atoms with Gasteiger partial charge in [0.15, 0.2) is 0 Å². The van der Waals surface area contributed by atoms with Crippen molar-refractivity contribution in [3.8, 4) is 11.8 Å². The normalized spacial score (nSPS) is 11.2. The Morgan fingerprint density at radius 3 is 2.50 bits per heavy atom. The van der Waals surface area contributed by atoms with Gasteiger partial charge in [-0.1, -0.05) is 35.7 Å². The largest absolute Gasteiger partial charge is 0.469 e. The maximum atomic E-state index is 11.2. The minimum absolute atomic E-state index is 0.0713. The molecule has 2 nitrogen and oxygen atoms in total. The van der Waals surface area contributed by atoms with Gasteiger partial charge in [-0.2, -0.15) is 0 Å². The number of rotatable bonds is 3. The molecular weight excluding hydrogens is 200 g/mol. The first-order valence-electron chi connectivity index (χ1n) is 5.23. The van der Waals surface area contributed by atoms with Gasteiger partial charge >= 0.3 is 5.97 Å². The molecule has 1 atom stereocenters. The highest BCUT2D eigenvalue weighted by Gasteiger charge is 2.13. The number of carbonyl (C=O) groups excluding carboxylic acids is 1. The Bertz CT molecular complexity index is 407. The van der Waals surface area contributed by atoms with E-state index < -0.39 is 0 Å². The summed E-state index contributed by atoms with van der Waals surface area (Å²) < 4.78 is 4.67. The average molecular weight is 216 g/mol. The molecule has 1 aromatic rings. The quantitative estimate of drug-likeness (QED) is 0.573. The lowest BCUT2D eigenvalue weighted by Crippen LogP contribution is -2.07. The van der Waals surface area contributed by atoms with Gasteiger partial charge in [0.2, 0.25) is 0 Å². The summed E-state index contributed by atoms with van der Waals surface area (Å²) in [7, 11) is 1.40. The lowest BCUT2D eigenvalue weighted by Gasteiger charge is -2.09. The van der Waals surface area contributed by atoms with Crippen LogP contribution in [0.1, 0.15) is 30.4 Å². The molecule has 16 heavy (non-hydrogen) atoms. The SMILES string of the molecule is CC#CC(CC(=O)OC)c1ccc(C)cc1. The van der Waals surface area contributed by atoms with Crippen LogP contribution < -0.4 is 0 Å². The van der Waals surface area contributed by atoms with Gasteiger partial charge in [0.25, 0.3) is 0 Å².